The zero-order valence-electron chi connectivity index (χ0n) is 21.8. The molecule has 0 saturated heterocycles. The first-order chi connectivity index (χ1) is 15.9. The molecule has 0 radical (unpaired) electrons. The number of aliphatic hydroxyl groups excluding tert-OH is 1. The molecule has 6 nitrogen and oxygen atoms in total. The molecule has 0 heterocycles. The molecule has 0 aromatic carbocycles. The summed E-state index contributed by atoms with van der Waals surface area (Å²) in [6.07, 6.45) is 8.65. The van der Waals surface area contributed by atoms with Gasteiger partial charge >= 0.3 is 11.9 Å². The molecule has 0 spiro atoms. The van der Waals surface area contributed by atoms with Gasteiger partial charge in [0, 0.05) is 6.42 Å². The zero-order valence-corrected chi connectivity index (χ0v) is 21.8. The summed E-state index contributed by atoms with van der Waals surface area (Å²) in [4.78, 5) is 24.1. The lowest BCUT2D eigenvalue weighted by Crippen LogP contribution is -2.61. The van der Waals surface area contributed by atoms with Gasteiger partial charge in [-0.3, -0.25) is 9.59 Å². The molecule has 34 heavy (non-hydrogen) atoms. The van der Waals surface area contributed by atoms with Crippen molar-refractivity contribution in [3.05, 3.63) is 0 Å². The van der Waals surface area contributed by atoms with E-state index in [1.165, 1.54) is 12.8 Å². The average Bonchev–Trinajstić information content (AvgIpc) is 3.30. The zero-order chi connectivity index (χ0) is 24.9. The molecule has 0 aliphatic heterocycles. The van der Waals surface area contributed by atoms with Crippen LogP contribution in [0.4, 0.5) is 0 Å². The Morgan fingerprint density at radius 3 is 2.15 bits per heavy atom. The number of hydrogen-bond donors (Lipinski definition) is 2. The summed E-state index contributed by atoms with van der Waals surface area (Å²) in [5, 5.41) is 19.3. The van der Waals surface area contributed by atoms with Crippen LogP contribution in [0.2, 0.25) is 0 Å². The molecule has 7 atom stereocenters. The molecule has 0 amide bonds. The van der Waals surface area contributed by atoms with E-state index in [9.17, 15) is 14.7 Å². The van der Waals surface area contributed by atoms with Crippen LogP contribution in [0, 0.1) is 46.8 Å². The average molecular weight is 479 g/mol. The van der Waals surface area contributed by atoms with Gasteiger partial charge in [0.15, 0.2) is 0 Å². The van der Waals surface area contributed by atoms with Gasteiger partial charge in [0.25, 0.3) is 0 Å². The smallest absolute Gasteiger partial charge is 0.312 e. The van der Waals surface area contributed by atoms with Gasteiger partial charge in [-0.1, -0.05) is 20.8 Å². The Kier molecular flexibility index (Phi) is 7.16. The van der Waals surface area contributed by atoms with Gasteiger partial charge in [-0.25, -0.2) is 0 Å². The Hall–Kier alpha value is -1.14. The van der Waals surface area contributed by atoms with Crippen molar-refractivity contribution in [2.75, 3.05) is 13.2 Å². The molecule has 0 aromatic rings. The number of esters is 2. The Labute approximate surface area is 205 Å². The topological polar surface area (TPSA) is 93.1 Å². The minimum atomic E-state index is -0.555. The normalized spacial score (nSPS) is 43.9. The largest absolute Gasteiger partial charge is 0.463 e. The number of rotatable bonds is 6. The molecule has 6 fully saturated rings. The van der Waals surface area contributed by atoms with Crippen molar-refractivity contribution in [3.63, 3.8) is 0 Å². The van der Waals surface area contributed by atoms with E-state index >= 15 is 0 Å². The van der Waals surface area contributed by atoms with E-state index in [4.69, 9.17) is 14.6 Å². The Bertz CT molecular complexity index is 759. The van der Waals surface area contributed by atoms with E-state index < -0.39 is 11.0 Å². The van der Waals surface area contributed by atoms with Crippen LogP contribution >= 0.6 is 0 Å². The summed E-state index contributed by atoms with van der Waals surface area (Å²) < 4.78 is 11.0. The molecule has 6 saturated carbocycles. The summed E-state index contributed by atoms with van der Waals surface area (Å²) >= 11 is 0. The highest BCUT2D eigenvalue weighted by Gasteiger charge is 2.59. The summed E-state index contributed by atoms with van der Waals surface area (Å²) in [5.74, 6) is 3.70. The van der Waals surface area contributed by atoms with Crippen LogP contribution in [0.15, 0.2) is 0 Å². The second-order valence-corrected chi connectivity index (χ2v) is 13.1. The summed E-state index contributed by atoms with van der Waals surface area (Å²) in [7, 11) is 0. The lowest BCUT2D eigenvalue weighted by Gasteiger charge is -2.59. The minimum Gasteiger partial charge on any atom is -0.463 e. The first kappa shape index (κ1) is 25.9. The highest BCUT2D eigenvalue weighted by molar-refractivity contribution is 5.76. The second kappa shape index (κ2) is 9.38. The van der Waals surface area contributed by atoms with Gasteiger partial charge in [-0.15, -0.1) is 0 Å². The van der Waals surface area contributed by atoms with Crippen molar-refractivity contribution in [1.82, 2.24) is 0 Å². The molecule has 6 heteroatoms. The van der Waals surface area contributed by atoms with Crippen molar-refractivity contribution < 1.29 is 29.3 Å². The number of fused-ring (bicyclic) bond motifs is 2. The number of ether oxygens (including phenoxy) is 2. The third-order valence-electron chi connectivity index (χ3n) is 10.3. The summed E-state index contributed by atoms with van der Waals surface area (Å²) in [6, 6.07) is 0. The molecular weight excluding hydrogens is 432 g/mol. The number of aliphatic hydroxyl groups is 2. The fourth-order valence-electron chi connectivity index (χ4n) is 8.19. The molecule has 0 aromatic heterocycles. The van der Waals surface area contributed by atoms with E-state index in [1.54, 1.807) is 0 Å². The van der Waals surface area contributed by atoms with Gasteiger partial charge in [0.2, 0.25) is 0 Å². The maximum Gasteiger partial charge on any atom is 0.312 e. The lowest BCUT2D eigenvalue weighted by molar-refractivity contribution is -0.225. The monoisotopic (exact) mass is 478 g/mol. The van der Waals surface area contributed by atoms with Crippen LogP contribution < -0.4 is 0 Å². The fraction of sp³-hybridized carbons (Fsp3) is 0.929. The fourth-order valence-corrected chi connectivity index (χ4v) is 8.19. The lowest BCUT2D eigenvalue weighted by atomic mass is 9.52. The number of hydrogen-bond acceptors (Lipinski definition) is 6. The molecule has 6 bridgehead atoms. The predicted octanol–water partition coefficient (Wildman–Crippen LogP) is 4.50. The van der Waals surface area contributed by atoms with E-state index in [0.29, 0.717) is 30.1 Å². The van der Waals surface area contributed by atoms with Crippen molar-refractivity contribution in [3.8, 4) is 0 Å². The highest BCUT2D eigenvalue weighted by Crippen LogP contribution is 2.59. The van der Waals surface area contributed by atoms with Crippen LogP contribution in [0.3, 0.4) is 0 Å². The van der Waals surface area contributed by atoms with Gasteiger partial charge in [0.1, 0.15) is 12.2 Å². The quantitative estimate of drug-likeness (QED) is 0.546. The van der Waals surface area contributed by atoms with E-state index in [1.807, 2.05) is 20.8 Å². The van der Waals surface area contributed by atoms with Gasteiger partial charge in [-0.05, 0) is 101 Å². The van der Waals surface area contributed by atoms with E-state index in [2.05, 4.69) is 13.8 Å². The van der Waals surface area contributed by atoms with Crippen molar-refractivity contribution in [1.29, 1.82) is 0 Å². The van der Waals surface area contributed by atoms with E-state index in [0.717, 1.165) is 50.4 Å². The Morgan fingerprint density at radius 2 is 1.65 bits per heavy atom. The minimum absolute atomic E-state index is 0.0709. The summed E-state index contributed by atoms with van der Waals surface area (Å²) in [6.45, 7) is 10.5. The van der Waals surface area contributed by atoms with Crippen LogP contribution in [0.5, 0.6) is 0 Å². The van der Waals surface area contributed by atoms with E-state index in [-0.39, 0.29) is 36.7 Å². The second-order valence-electron chi connectivity index (χ2n) is 13.1. The molecular formula is C28H46O6. The molecule has 6 aliphatic carbocycles. The van der Waals surface area contributed by atoms with Crippen LogP contribution in [0.1, 0.15) is 92.4 Å². The number of carbonyl (C=O) groups is 2. The first-order valence-corrected chi connectivity index (χ1v) is 13.6. The van der Waals surface area contributed by atoms with Gasteiger partial charge in [-0.2, -0.15) is 0 Å². The van der Waals surface area contributed by atoms with Crippen molar-refractivity contribution in [2.45, 2.75) is 104 Å². The maximum atomic E-state index is 12.4. The molecule has 6 rings (SSSR count). The number of carbonyl (C=O) groups excluding carboxylic acids is 2. The Balaban J connectivity index is 0.000000166. The maximum absolute atomic E-state index is 12.4. The SMILES string of the molecule is CC1C2CC(C(=O)OCCO)C(C2)C1C.CCC(C)(C)C(=O)OC12CC3CC(CC(O)(C3)C1)C2. The Morgan fingerprint density at radius 1 is 1.00 bits per heavy atom. The van der Waals surface area contributed by atoms with Crippen molar-refractivity contribution >= 4 is 11.9 Å². The standard InChI is InChI=1S/C16H26O3.C12H20O3/c1-4-14(2,3)13(17)19-16-8-11-5-12(9-16)7-15(18,6-11)10-16;1-7-8(2)10-5-9(7)6-11(10)12(14)15-4-3-13/h11-12,18H,4-10H2,1-3H3;7-11,13H,3-6H2,1-2H3. The molecule has 2 N–H and O–H groups in total. The first-order valence-electron chi connectivity index (χ1n) is 13.6. The van der Waals surface area contributed by atoms with Crippen molar-refractivity contribution in [2.24, 2.45) is 46.8 Å². The van der Waals surface area contributed by atoms with Crippen LogP contribution in [-0.4, -0.2) is 46.6 Å². The third kappa shape index (κ3) is 4.91. The van der Waals surface area contributed by atoms with Crippen LogP contribution in [0.25, 0.3) is 0 Å². The third-order valence-corrected chi connectivity index (χ3v) is 10.3. The van der Waals surface area contributed by atoms with Gasteiger partial charge < -0.3 is 19.7 Å². The van der Waals surface area contributed by atoms with Crippen LogP contribution in [-0.2, 0) is 19.1 Å². The molecule has 6 aliphatic rings. The highest BCUT2D eigenvalue weighted by atomic mass is 16.6. The molecule has 7 unspecified atom stereocenters. The molecule has 194 valence electrons. The predicted molar refractivity (Wildman–Crippen MR) is 129 cm³/mol. The van der Waals surface area contributed by atoms with Gasteiger partial charge in [0.05, 0.1) is 23.5 Å². The summed E-state index contributed by atoms with van der Waals surface area (Å²) in [5.41, 5.74) is -1.32.